The fourth-order valence-corrected chi connectivity index (χ4v) is 3.61. The van der Waals surface area contributed by atoms with Crippen molar-refractivity contribution < 1.29 is 30.0 Å². The molecule has 1 amide bonds. The Morgan fingerprint density at radius 2 is 2.08 bits per heavy atom. The number of rotatable bonds is 4. The second-order valence-corrected chi connectivity index (χ2v) is 6.92. The van der Waals surface area contributed by atoms with E-state index < -0.39 is 36.6 Å². The molecule has 0 fully saturated rings. The predicted octanol–water partition coefficient (Wildman–Crippen LogP) is -0.591. The average Bonchev–Trinajstić information content (AvgIpc) is 2.88. The quantitative estimate of drug-likeness (QED) is 0.476. The number of hydrogen-bond acceptors (Lipinski definition) is 8. The van der Waals surface area contributed by atoms with Crippen LogP contribution in [0.5, 0.6) is 0 Å². The van der Waals surface area contributed by atoms with E-state index in [4.69, 9.17) is 4.74 Å². The van der Waals surface area contributed by atoms with Crippen molar-refractivity contribution in [3.63, 3.8) is 0 Å². The minimum absolute atomic E-state index is 0.298. The van der Waals surface area contributed by atoms with Gasteiger partial charge >= 0.3 is 0 Å². The van der Waals surface area contributed by atoms with Crippen LogP contribution in [-0.4, -0.2) is 55.2 Å². The van der Waals surface area contributed by atoms with Gasteiger partial charge in [-0.1, -0.05) is 23.7 Å². The first-order valence-corrected chi connectivity index (χ1v) is 8.62. The molecule has 26 heavy (non-hydrogen) atoms. The minimum atomic E-state index is -1.43. The van der Waals surface area contributed by atoms with Gasteiger partial charge in [0.25, 0.3) is 5.56 Å². The van der Waals surface area contributed by atoms with Gasteiger partial charge in [-0.3, -0.25) is 18.9 Å². The largest absolute Gasteiger partial charge is 0.507 e. The van der Waals surface area contributed by atoms with Crippen molar-refractivity contribution in [3.8, 4) is 0 Å². The maximum absolute atomic E-state index is 12.3. The van der Waals surface area contributed by atoms with Crippen molar-refractivity contribution in [1.29, 1.82) is 0 Å². The van der Waals surface area contributed by atoms with E-state index in [9.17, 15) is 30.0 Å². The molecular formula is C16H18N2O7S. The van der Waals surface area contributed by atoms with Gasteiger partial charge in [-0.2, -0.15) is 0 Å². The molecule has 1 aromatic carbocycles. The lowest BCUT2D eigenvalue weighted by molar-refractivity contribution is -0.123. The Hall–Kier alpha value is -2.40. The predicted molar refractivity (Wildman–Crippen MR) is 92.5 cm³/mol. The van der Waals surface area contributed by atoms with Crippen molar-refractivity contribution in [3.05, 3.63) is 46.3 Å². The molecule has 0 spiro atoms. The Bertz CT molecular complexity index is 903. The normalized spacial score (nSPS) is 23.6. The topological polar surface area (TPSA) is 141 Å². The maximum atomic E-state index is 12.3. The molecule has 0 radical (unpaired) electrons. The number of carbonyl (C=O) groups is 1. The Kier molecular flexibility index (Phi) is 5.28. The number of fused-ring (bicyclic) bond motifs is 1. The zero-order valence-electron chi connectivity index (χ0n) is 13.5. The summed E-state index contributed by atoms with van der Waals surface area (Å²) in [5.41, 5.74) is -0.306. The third-order valence-electron chi connectivity index (χ3n) is 3.98. The number of aliphatic hydroxyl groups is 4. The number of hydrogen-bond donors (Lipinski definition) is 5. The highest BCUT2D eigenvalue weighted by molar-refractivity contribution is 7.13. The van der Waals surface area contributed by atoms with Crippen LogP contribution in [0.4, 0.5) is 0 Å². The van der Waals surface area contributed by atoms with Gasteiger partial charge in [0, 0.05) is 6.42 Å². The molecule has 140 valence electrons. The molecular weight excluding hydrogens is 364 g/mol. The SMILES string of the molecule is O=C(Cn1sc2ccccc2c1=O)NC1=C(O)CC(O)[C@H](O)C(CO)O1. The molecule has 1 aromatic heterocycles. The Labute approximate surface area is 151 Å². The molecule has 0 aliphatic carbocycles. The number of aliphatic hydroxyl groups excluding tert-OH is 4. The number of nitrogens with one attached hydrogen (secondary N) is 1. The molecule has 1 aliphatic rings. The Balaban J connectivity index is 1.77. The number of nitrogens with zero attached hydrogens (tertiary/aromatic N) is 1. The van der Waals surface area contributed by atoms with Crippen molar-refractivity contribution >= 4 is 27.5 Å². The molecule has 1 aliphatic heterocycles. The van der Waals surface area contributed by atoms with Crippen LogP contribution in [0.25, 0.3) is 10.1 Å². The summed E-state index contributed by atoms with van der Waals surface area (Å²) in [4.78, 5) is 24.5. The fraction of sp³-hybridized carbons (Fsp3) is 0.375. The average molecular weight is 382 g/mol. The van der Waals surface area contributed by atoms with E-state index in [-0.39, 0.29) is 24.4 Å². The van der Waals surface area contributed by atoms with E-state index in [1.54, 1.807) is 24.3 Å². The van der Waals surface area contributed by atoms with Crippen LogP contribution >= 0.6 is 11.5 Å². The zero-order valence-corrected chi connectivity index (χ0v) is 14.3. The van der Waals surface area contributed by atoms with Crippen LogP contribution in [0.3, 0.4) is 0 Å². The highest BCUT2D eigenvalue weighted by atomic mass is 32.1. The van der Waals surface area contributed by atoms with Crippen LogP contribution in [0.15, 0.2) is 40.7 Å². The monoisotopic (exact) mass is 382 g/mol. The summed E-state index contributed by atoms with van der Waals surface area (Å²) in [6, 6.07) is 6.96. The summed E-state index contributed by atoms with van der Waals surface area (Å²) in [5.74, 6) is -1.47. The van der Waals surface area contributed by atoms with Gasteiger partial charge in [0.2, 0.25) is 11.8 Å². The lowest BCUT2D eigenvalue weighted by Gasteiger charge is -2.23. The molecule has 0 bridgehead atoms. The van der Waals surface area contributed by atoms with E-state index >= 15 is 0 Å². The number of carbonyl (C=O) groups excluding carboxylic acids is 1. The molecule has 10 heteroatoms. The second kappa shape index (κ2) is 7.46. The molecule has 3 rings (SSSR count). The van der Waals surface area contributed by atoms with E-state index in [2.05, 4.69) is 5.32 Å². The molecule has 2 unspecified atom stereocenters. The summed E-state index contributed by atoms with van der Waals surface area (Å²) in [7, 11) is 0. The lowest BCUT2D eigenvalue weighted by atomic mass is 10.1. The molecule has 5 N–H and O–H groups in total. The van der Waals surface area contributed by atoms with E-state index in [1.807, 2.05) is 0 Å². The van der Waals surface area contributed by atoms with Gasteiger partial charge in [0.15, 0.2) is 11.9 Å². The summed E-state index contributed by atoms with van der Waals surface area (Å²) in [5, 5.41) is 41.6. The fourth-order valence-electron chi connectivity index (χ4n) is 2.61. The van der Waals surface area contributed by atoms with E-state index in [0.717, 1.165) is 16.2 Å². The molecule has 0 saturated heterocycles. The third kappa shape index (κ3) is 3.58. The van der Waals surface area contributed by atoms with Crippen molar-refractivity contribution in [2.24, 2.45) is 0 Å². The first kappa shape index (κ1) is 18.4. The Morgan fingerprint density at radius 3 is 2.77 bits per heavy atom. The third-order valence-corrected chi connectivity index (χ3v) is 5.05. The molecule has 9 nitrogen and oxygen atoms in total. The highest BCUT2D eigenvalue weighted by Gasteiger charge is 2.34. The van der Waals surface area contributed by atoms with E-state index in [0.29, 0.717) is 5.39 Å². The van der Waals surface area contributed by atoms with Gasteiger partial charge in [0.05, 0.1) is 22.8 Å². The van der Waals surface area contributed by atoms with Crippen LogP contribution in [0.2, 0.25) is 0 Å². The van der Waals surface area contributed by atoms with Gasteiger partial charge in [-0.15, -0.1) is 0 Å². The Morgan fingerprint density at radius 1 is 1.35 bits per heavy atom. The zero-order chi connectivity index (χ0) is 18.8. The smallest absolute Gasteiger partial charge is 0.268 e. The highest BCUT2D eigenvalue weighted by Crippen LogP contribution is 2.21. The van der Waals surface area contributed by atoms with Crippen molar-refractivity contribution in [2.75, 3.05) is 6.61 Å². The first-order valence-electron chi connectivity index (χ1n) is 7.85. The standard InChI is InChI=1S/C16H18N2O7S/c19-7-11-14(23)9(20)5-10(21)15(25-11)17-13(22)6-18-16(24)8-3-1-2-4-12(8)26-18/h1-4,9,11,14,19-21,23H,5-7H2,(H,17,22)/t9?,11?,14-/m0/s1. The van der Waals surface area contributed by atoms with Crippen LogP contribution in [0, 0.1) is 0 Å². The second-order valence-electron chi connectivity index (χ2n) is 5.85. The maximum Gasteiger partial charge on any atom is 0.268 e. The number of aromatic nitrogens is 1. The number of ether oxygens (including phenoxy) is 1. The van der Waals surface area contributed by atoms with Gasteiger partial charge in [-0.25, -0.2) is 0 Å². The molecule has 2 aromatic rings. The number of amides is 1. The van der Waals surface area contributed by atoms with Crippen molar-refractivity contribution in [1.82, 2.24) is 9.27 Å². The van der Waals surface area contributed by atoms with Crippen LogP contribution < -0.4 is 10.9 Å². The molecule has 0 saturated carbocycles. The van der Waals surface area contributed by atoms with Crippen LogP contribution in [-0.2, 0) is 16.1 Å². The summed E-state index contributed by atoms with van der Waals surface area (Å²) in [6.07, 6.45) is -4.35. The summed E-state index contributed by atoms with van der Waals surface area (Å²) in [6.45, 7) is -0.923. The van der Waals surface area contributed by atoms with Crippen LogP contribution in [0.1, 0.15) is 6.42 Å². The minimum Gasteiger partial charge on any atom is -0.507 e. The summed E-state index contributed by atoms with van der Waals surface area (Å²) < 4.78 is 7.21. The van der Waals surface area contributed by atoms with Gasteiger partial charge < -0.3 is 25.2 Å². The van der Waals surface area contributed by atoms with E-state index in [1.165, 1.54) is 3.96 Å². The molecule has 3 atom stereocenters. The molecule has 2 heterocycles. The summed E-state index contributed by atoms with van der Waals surface area (Å²) >= 11 is 1.13. The first-order chi connectivity index (χ1) is 12.4. The lowest BCUT2D eigenvalue weighted by Crippen LogP contribution is -2.41. The number of benzene rings is 1. The van der Waals surface area contributed by atoms with Crippen molar-refractivity contribution in [2.45, 2.75) is 31.3 Å². The van der Waals surface area contributed by atoms with Gasteiger partial charge in [-0.05, 0) is 12.1 Å². The van der Waals surface area contributed by atoms with Gasteiger partial charge in [0.1, 0.15) is 12.6 Å².